The van der Waals surface area contributed by atoms with Gasteiger partial charge >= 0.3 is 0 Å². The van der Waals surface area contributed by atoms with Crippen molar-refractivity contribution in [2.24, 2.45) is 0 Å². The Morgan fingerprint density at radius 1 is 1.12 bits per heavy atom. The first-order valence-corrected chi connectivity index (χ1v) is 6.36. The van der Waals surface area contributed by atoms with E-state index in [0.29, 0.717) is 0 Å². The topological polar surface area (TPSA) is 30.2 Å². The average Bonchev–Trinajstić information content (AvgIpc) is 2.81. The molecule has 0 saturated heterocycles. The van der Waals surface area contributed by atoms with Gasteiger partial charge in [0.2, 0.25) is 0 Å². The van der Waals surface area contributed by atoms with E-state index in [2.05, 4.69) is 26.5 Å². The number of aromatic nitrogens is 3. The van der Waals surface area contributed by atoms with Crippen molar-refractivity contribution in [1.29, 1.82) is 0 Å². The summed E-state index contributed by atoms with van der Waals surface area (Å²) in [6.45, 7) is 0. The second-order valence-electron chi connectivity index (χ2n) is 3.69. The van der Waals surface area contributed by atoms with Gasteiger partial charge in [-0.1, -0.05) is 23.9 Å². The lowest BCUT2D eigenvalue weighted by molar-refractivity contribution is 0.957. The summed E-state index contributed by atoms with van der Waals surface area (Å²) in [5, 5.41) is 1.02. The van der Waals surface area contributed by atoms with E-state index >= 15 is 0 Å². The Labute approximate surface area is 104 Å². The van der Waals surface area contributed by atoms with Gasteiger partial charge in [-0.2, -0.15) is 0 Å². The zero-order valence-electron chi connectivity index (χ0n) is 9.15. The molecule has 84 valence electrons. The van der Waals surface area contributed by atoms with E-state index in [1.54, 1.807) is 18.0 Å². The van der Waals surface area contributed by atoms with E-state index in [0.717, 1.165) is 16.4 Å². The van der Waals surface area contributed by atoms with E-state index in [9.17, 15) is 0 Å². The molecule has 17 heavy (non-hydrogen) atoms. The Bertz CT molecular complexity index is 619. The highest BCUT2D eigenvalue weighted by atomic mass is 32.2. The highest BCUT2D eigenvalue weighted by molar-refractivity contribution is 7.98. The number of pyridine rings is 2. The Hall–Kier alpha value is -1.81. The van der Waals surface area contributed by atoms with Crippen molar-refractivity contribution in [3.8, 4) is 0 Å². The first-order chi connectivity index (χ1) is 8.43. The van der Waals surface area contributed by atoms with Crippen molar-refractivity contribution in [2.75, 3.05) is 0 Å². The van der Waals surface area contributed by atoms with Crippen LogP contribution in [0, 0.1) is 0 Å². The van der Waals surface area contributed by atoms with Crippen LogP contribution in [0.4, 0.5) is 0 Å². The van der Waals surface area contributed by atoms with Crippen molar-refractivity contribution >= 4 is 17.3 Å². The van der Waals surface area contributed by atoms with E-state index in [-0.39, 0.29) is 0 Å². The quantitative estimate of drug-likeness (QED) is 0.660. The lowest BCUT2D eigenvalue weighted by Gasteiger charge is -2.00. The Morgan fingerprint density at radius 3 is 3.00 bits per heavy atom. The van der Waals surface area contributed by atoms with E-state index in [1.807, 2.05) is 36.8 Å². The molecule has 0 aromatic carbocycles. The molecule has 3 nitrogen and oxygen atoms in total. The number of imidazole rings is 1. The fraction of sp³-hybridized carbons (Fsp3) is 0.0769. The summed E-state index contributed by atoms with van der Waals surface area (Å²) in [5.41, 5.74) is 2.34. The highest BCUT2D eigenvalue weighted by Gasteiger charge is 2.03. The molecule has 0 fully saturated rings. The van der Waals surface area contributed by atoms with Gasteiger partial charge in [0.1, 0.15) is 0 Å². The monoisotopic (exact) mass is 241 g/mol. The minimum absolute atomic E-state index is 0.891. The third-order valence-corrected chi connectivity index (χ3v) is 3.53. The molecule has 0 saturated carbocycles. The van der Waals surface area contributed by atoms with Crippen molar-refractivity contribution in [3.63, 3.8) is 0 Å². The molecule has 0 unspecified atom stereocenters. The Morgan fingerprint density at radius 2 is 2.12 bits per heavy atom. The van der Waals surface area contributed by atoms with Crippen LogP contribution in [0.2, 0.25) is 0 Å². The third-order valence-electron chi connectivity index (χ3n) is 2.50. The molecule has 0 bridgehead atoms. The zero-order chi connectivity index (χ0) is 11.5. The summed E-state index contributed by atoms with van der Waals surface area (Å²) in [4.78, 5) is 8.52. The number of hydrogen-bond acceptors (Lipinski definition) is 3. The van der Waals surface area contributed by atoms with Gasteiger partial charge in [0.15, 0.2) is 5.16 Å². The van der Waals surface area contributed by atoms with E-state index in [4.69, 9.17) is 0 Å². The molecule has 0 radical (unpaired) electrons. The maximum absolute atomic E-state index is 4.42. The molecule has 3 heterocycles. The van der Waals surface area contributed by atoms with Gasteiger partial charge in [0.05, 0.1) is 11.7 Å². The Balaban J connectivity index is 1.82. The summed E-state index contributed by atoms with van der Waals surface area (Å²) in [5.74, 6) is 0.891. The highest BCUT2D eigenvalue weighted by Crippen LogP contribution is 2.22. The average molecular weight is 241 g/mol. The number of fused-ring (bicyclic) bond motifs is 1. The number of rotatable bonds is 3. The zero-order valence-corrected chi connectivity index (χ0v) is 9.97. The molecule has 4 heteroatoms. The predicted octanol–water partition coefficient (Wildman–Crippen LogP) is 3.02. The van der Waals surface area contributed by atoms with Crippen LogP contribution in [-0.4, -0.2) is 14.4 Å². The van der Waals surface area contributed by atoms with Gasteiger partial charge in [-0.15, -0.1) is 0 Å². The van der Waals surface area contributed by atoms with Crippen LogP contribution in [0.1, 0.15) is 5.56 Å². The van der Waals surface area contributed by atoms with E-state index < -0.39 is 0 Å². The normalized spacial score (nSPS) is 10.8. The lowest BCUT2D eigenvalue weighted by Crippen LogP contribution is -1.87. The largest absolute Gasteiger partial charge is 0.295 e. The van der Waals surface area contributed by atoms with Gasteiger partial charge in [-0.25, -0.2) is 4.98 Å². The van der Waals surface area contributed by atoms with Crippen LogP contribution in [0.3, 0.4) is 0 Å². The number of hydrogen-bond donors (Lipinski definition) is 0. The van der Waals surface area contributed by atoms with Gasteiger partial charge in [0.25, 0.3) is 0 Å². The standard InChI is InChI=1S/C13H11N3S/c1-2-7-16-12(5-1)9-15-13(16)17-10-11-4-3-6-14-8-11/h1-9H,10H2. The first kappa shape index (κ1) is 10.4. The van der Waals surface area contributed by atoms with Crippen LogP contribution in [0.25, 0.3) is 5.52 Å². The summed E-state index contributed by atoms with van der Waals surface area (Å²) in [6.07, 6.45) is 7.61. The van der Waals surface area contributed by atoms with Crippen LogP contribution < -0.4 is 0 Å². The molecule has 0 aliphatic rings. The van der Waals surface area contributed by atoms with Crippen LogP contribution >= 0.6 is 11.8 Å². The molecular formula is C13H11N3S. The van der Waals surface area contributed by atoms with Crippen LogP contribution in [0.5, 0.6) is 0 Å². The summed E-state index contributed by atoms with van der Waals surface area (Å²) in [6, 6.07) is 10.1. The fourth-order valence-electron chi connectivity index (χ4n) is 1.66. The molecule has 0 amide bonds. The van der Waals surface area contributed by atoms with Crippen molar-refractivity contribution in [3.05, 3.63) is 60.7 Å². The second-order valence-corrected chi connectivity index (χ2v) is 4.63. The molecule has 3 rings (SSSR count). The molecule has 0 aliphatic heterocycles. The minimum atomic E-state index is 0.891. The minimum Gasteiger partial charge on any atom is -0.295 e. The summed E-state index contributed by atoms with van der Waals surface area (Å²) in [7, 11) is 0. The third kappa shape index (κ3) is 2.17. The molecular weight excluding hydrogens is 230 g/mol. The molecule has 0 aliphatic carbocycles. The second kappa shape index (κ2) is 4.59. The van der Waals surface area contributed by atoms with Crippen molar-refractivity contribution in [1.82, 2.24) is 14.4 Å². The van der Waals surface area contributed by atoms with Crippen molar-refractivity contribution in [2.45, 2.75) is 10.9 Å². The lowest BCUT2D eigenvalue weighted by atomic mass is 10.3. The Kier molecular flexibility index (Phi) is 2.80. The molecule has 3 aromatic rings. The van der Waals surface area contributed by atoms with Crippen molar-refractivity contribution < 1.29 is 0 Å². The maximum Gasteiger partial charge on any atom is 0.172 e. The summed E-state index contributed by atoms with van der Waals surface area (Å²) >= 11 is 1.72. The van der Waals surface area contributed by atoms with Crippen LogP contribution in [0.15, 0.2) is 60.3 Å². The van der Waals surface area contributed by atoms with Gasteiger partial charge in [0, 0.05) is 24.3 Å². The first-order valence-electron chi connectivity index (χ1n) is 5.37. The molecule has 0 N–H and O–H groups in total. The van der Waals surface area contributed by atoms with Gasteiger partial charge in [-0.3, -0.25) is 9.38 Å². The molecule has 0 spiro atoms. The number of thioether (sulfide) groups is 1. The van der Waals surface area contributed by atoms with Gasteiger partial charge < -0.3 is 0 Å². The fourth-order valence-corrected chi connectivity index (χ4v) is 2.56. The molecule has 0 atom stereocenters. The smallest absolute Gasteiger partial charge is 0.172 e. The SMILES string of the molecule is c1cncc(CSc2ncc3ccccn23)c1. The van der Waals surface area contributed by atoms with E-state index in [1.165, 1.54) is 5.56 Å². The summed E-state index contributed by atoms with van der Waals surface area (Å²) < 4.78 is 2.10. The maximum atomic E-state index is 4.42. The molecule has 3 aromatic heterocycles. The van der Waals surface area contributed by atoms with Crippen LogP contribution in [-0.2, 0) is 5.75 Å². The predicted molar refractivity (Wildman–Crippen MR) is 69.0 cm³/mol. The number of nitrogens with zero attached hydrogens (tertiary/aromatic N) is 3. The van der Waals surface area contributed by atoms with Gasteiger partial charge in [-0.05, 0) is 23.8 Å².